The molecule has 5 rings (SSSR count). The van der Waals surface area contributed by atoms with Crippen molar-refractivity contribution in [2.75, 3.05) is 13.2 Å². The largest absolute Gasteiger partial charge is 0.375 e. The molecule has 0 N–H and O–H groups in total. The first-order valence-electron chi connectivity index (χ1n) is 7.81. The van der Waals surface area contributed by atoms with Crippen molar-refractivity contribution in [3.63, 3.8) is 0 Å². The lowest BCUT2D eigenvalue weighted by Crippen LogP contribution is -2.49. The molecule has 0 amide bonds. The monoisotopic (exact) mass is 328 g/mol. The van der Waals surface area contributed by atoms with Gasteiger partial charge >= 0.3 is 0 Å². The lowest BCUT2D eigenvalue weighted by atomic mass is 9.98. The van der Waals surface area contributed by atoms with E-state index in [0.717, 1.165) is 48.8 Å². The Morgan fingerprint density at radius 3 is 3.00 bits per heavy atom. The summed E-state index contributed by atoms with van der Waals surface area (Å²) in [5.41, 5.74) is 1.82. The minimum Gasteiger partial charge on any atom is -0.375 e. The fourth-order valence-electron chi connectivity index (χ4n) is 3.24. The van der Waals surface area contributed by atoms with Crippen molar-refractivity contribution < 1.29 is 9.47 Å². The van der Waals surface area contributed by atoms with E-state index >= 15 is 0 Å². The first-order chi connectivity index (χ1) is 11.3. The number of ether oxygens (including phenoxy) is 2. The van der Waals surface area contributed by atoms with Gasteiger partial charge in [-0.15, -0.1) is 16.4 Å². The minimum atomic E-state index is -0.0128. The van der Waals surface area contributed by atoms with E-state index in [1.165, 1.54) is 4.70 Å². The van der Waals surface area contributed by atoms with E-state index in [9.17, 15) is 0 Å². The third-order valence-electron chi connectivity index (χ3n) is 4.51. The molecule has 6 nitrogen and oxygen atoms in total. The summed E-state index contributed by atoms with van der Waals surface area (Å²) in [5, 5.41) is 9.43. The highest BCUT2D eigenvalue weighted by atomic mass is 32.1. The molecule has 3 aromatic rings. The van der Waals surface area contributed by atoms with E-state index in [2.05, 4.69) is 21.4 Å². The topological polar surface area (TPSA) is 62.1 Å². The fourth-order valence-corrected chi connectivity index (χ4v) is 4.16. The molecular weight excluding hydrogens is 312 g/mol. The molecule has 1 unspecified atom stereocenters. The van der Waals surface area contributed by atoms with Crippen LogP contribution >= 0.6 is 11.3 Å². The molecule has 0 bridgehead atoms. The fraction of sp³-hybridized carbons (Fsp3) is 0.438. The molecular formula is C16H16N4O2S. The highest BCUT2D eigenvalue weighted by Crippen LogP contribution is 2.37. The number of aromatic nitrogens is 4. The number of fused-ring (bicyclic) bond motifs is 1. The predicted molar refractivity (Wildman–Crippen MR) is 86.3 cm³/mol. The van der Waals surface area contributed by atoms with Gasteiger partial charge in [0.2, 0.25) is 0 Å². The van der Waals surface area contributed by atoms with Gasteiger partial charge in [-0.25, -0.2) is 9.67 Å². The molecule has 0 radical (unpaired) electrons. The molecule has 4 heterocycles. The van der Waals surface area contributed by atoms with Crippen LogP contribution in [0.5, 0.6) is 0 Å². The molecule has 2 saturated heterocycles. The maximum absolute atomic E-state index is 6.13. The summed E-state index contributed by atoms with van der Waals surface area (Å²) in [6, 6.07) is 8.12. The molecule has 0 aliphatic carbocycles. The van der Waals surface area contributed by atoms with E-state index in [1.807, 2.05) is 29.1 Å². The maximum atomic E-state index is 6.13. The van der Waals surface area contributed by atoms with Crippen LogP contribution in [0.4, 0.5) is 0 Å². The number of hydrogen-bond donors (Lipinski definition) is 0. The molecule has 2 aromatic heterocycles. The van der Waals surface area contributed by atoms with Crippen LogP contribution in [0.2, 0.25) is 0 Å². The quantitative estimate of drug-likeness (QED) is 0.739. The second kappa shape index (κ2) is 5.09. The van der Waals surface area contributed by atoms with E-state index in [0.29, 0.717) is 0 Å². The predicted octanol–water partition coefficient (Wildman–Crippen LogP) is 2.50. The van der Waals surface area contributed by atoms with Crippen molar-refractivity contribution in [1.29, 1.82) is 0 Å². The Kier molecular flexibility index (Phi) is 3.01. The Hall–Kier alpha value is -1.83. The Balaban J connectivity index is 1.34. The summed E-state index contributed by atoms with van der Waals surface area (Å²) in [4.78, 5) is 4.63. The Morgan fingerprint density at radius 2 is 2.22 bits per heavy atom. The zero-order chi connectivity index (χ0) is 15.3. The van der Waals surface area contributed by atoms with Crippen LogP contribution in [0, 0.1) is 0 Å². The highest BCUT2D eigenvalue weighted by molar-refractivity contribution is 7.21. The maximum Gasteiger partial charge on any atom is 0.146 e. The molecule has 23 heavy (non-hydrogen) atoms. The molecule has 2 aliphatic rings. The van der Waals surface area contributed by atoms with Crippen molar-refractivity contribution in [1.82, 2.24) is 20.0 Å². The molecule has 7 heteroatoms. The van der Waals surface area contributed by atoms with Crippen LogP contribution in [0.15, 0.2) is 30.5 Å². The second-order valence-corrected chi connectivity index (χ2v) is 7.30. The van der Waals surface area contributed by atoms with E-state index in [1.54, 1.807) is 11.3 Å². The van der Waals surface area contributed by atoms with Crippen molar-refractivity contribution in [2.45, 2.75) is 31.1 Å². The summed E-state index contributed by atoms with van der Waals surface area (Å²) in [6.45, 7) is 2.20. The number of benzene rings is 1. The molecule has 1 spiro atoms. The summed E-state index contributed by atoms with van der Waals surface area (Å²) in [6.07, 6.45) is 4.30. The van der Waals surface area contributed by atoms with E-state index in [4.69, 9.17) is 9.47 Å². The lowest BCUT2D eigenvalue weighted by molar-refractivity contribution is -0.201. The summed E-state index contributed by atoms with van der Waals surface area (Å²) in [7, 11) is 0. The normalized spacial score (nSPS) is 22.7. The molecule has 118 valence electrons. The average Bonchev–Trinajstić information content (AvgIpc) is 3.23. The van der Waals surface area contributed by atoms with Crippen LogP contribution in [0.1, 0.15) is 12.8 Å². The SMILES string of the molecule is c1ccc2sc(-c3cn(CC4CCC5(COC5)O4)nn3)nc2c1. The average molecular weight is 328 g/mol. The van der Waals surface area contributed by atoms with Crippen molar-refractivity contribution in [2.24, 2.45) is 0 Å². The van der Waals surface area contributed by atoms with Gasteiger partial charge in [-0.2, -0.15) is 0 Å². The first kappa shape index (κ1) is 13.6. The van der Waals surface area contributed by atoms with Gasteiger partial charge in [0.25, 0.3) is 0 Å². The van der Waals surface area contributed by atoms with Crippen LogP contribution < -0.4 is 0 Å². The van der Waals surface area contributed by atoms with Gasteiger partial charge in [0.15, 0.2) is 0 Å². The minimum absolute atomic E-state index is 0.0128. The number of thiazole rings is 1. The zero-order valence-electron chi connectivity index (χ0n) is 12.5. The summed E-state index contributed by atoms with van der Waals surface area (Å²) in [5.74, 6) is 0. The standard InChI is InChI=1S/C16H16N4O2S/c1-2-4-14-12(3-1)17-15(23-14)13-8-20(19-18-13)7-11-5-6-16(22-11)9-21-10-16/h1-4,8,11H,5-7,9-10H2. The molecule has 0 saturated carbocycles. The van der Waals surface area contributed by atoms with Gasteiger partial charge in [-0.05, 0) is 25.0 Å². The number of hydrogen-bond acceptors (Lipinski definition) is 6. The van der Waals surface area contributed by atoms with Crippen LogP contribution in [-0.2, 0) is 16.0 Å². The van der Waals surface area contributed by atoms with Gasteiger partial charge in [0.05, 0.1) is 42.3 Å². The summed E-state index contributed by atoms with van der Waals surface area (Å²) < 4.78 is 14.4. The zero-order valence-corrected chi connectivity index (χ0v) is 13.3. The van der Waals surface area contributed by atoms with Gasteiger partial charge in [0, 0.05) is 0 Å². The van der Waals surface area contributed by atoms with Crippen molar-refractivity contribution in [3.8, 4) is 10.7 Å². The van der Waals surface area contributed by atoms with Crippen LogP contribution in [0.25, 0.3) is 20.9 Å². The number of rotatable bonds is 3. The Morgan fingerprint density at radius 1 is 1.30 bits per heavy atom. The molecule has 1 atom stereocenters. The lowest BCUT2D eigenvalue weighted by Gasteiger charge is -2.37. The molecule has 2 aliphatic heterocycles. The first-order valence-corrected chi connectivity index (χ1v) is 8.63. The second-order valence-electron chi connectivity index (χ2n) is 6.27. The smallest absolute Gasteiger partial charge is 0.146 e. The van der Waals surface area contributed by atoms with Gasteiger partial charge < -0.3 is 9.47 Å². The van der Waals surface area contributed by atoms with Crippen molar-refractivity contribution in [3.05, 3.63) is 30.5 Å². The van der Waals surface area contributed by atoms with Crippen LogP contribution in [0.3, 0.4) is 0 Å². The van der Waals surface area contributed by atoms with Crippen molar-refractivity contribution >= 4 is 21.6 Å². The summed E-state index contributed by atoms with van der Waals surface area (Å²) >= 11 is 1.64. The molecule has 1 aromatic carbocycles. The number of para-hydroxylation sites is 1. The van der Waals surface area contributed by atoms with E-state index < -0.39 is 0 Å². The van der Waals surface area contributed by atoms with E-state index in [-0.39, 0.29) is 11.7 Å². The molecule has 2 fully saturated rings. The highest BCUT2D eigenvalue weighted by Gasteiger charge is 2.46. The Bertz CT molecular complexity index is 822. The van der Waals surface area contributed by atoms with Gasteiger partial charge in [0.1, 0.15) is 16.3 Å². The van der Waals surface area contributed by atoms with Gasteiger partial charge in [-0.3, -0.25) is 0 Å². The van der Waals surface area contributed by atoms with Gasteiger partial charge in [-0.1, -0.05) is 17.3 Å². The number of nitrogens with zero attached hydrogens (tertiary/aromatic N) is 4. The third kappa shape index (κ3) is 2.36. The Labute approximate surface area is 137 Å². The third-order valence-corrected chi connectivity index (χ3v) is 5.57. The van der Waals surface area contributed by atoms with Crippen LogP contribution in [-0.4, -0.2) is 44.9 Å².